The molecular weight excluding hydrogens is 548 g/mol. The van der Waals surface area contributed by atoms with E-state index in [1.807, 2.05) is 18.2 Å². The summed E-state index contributed by atoms with van der Waals surface area (Å²) in [5.41, 5.74) is 12.9. The molecule has 2 aromatic carbocycles. The number of carbonyl (C=O) groups excluding carboxylic acids is 4. The normalized spacial score (nSPS) is 14.6. The van der Waals surface area contributed by atoms with Gasteiger partial charge in [0.2, 0.25) is 23.6 Å². The van der Waals surface area contributed by atoms with Crippen LogP contribution in [0.1, 0.15) is 24.5 Å². The van der Waals surface area contributed by atoms with E-state index in [-0.39, 0.29) is 18.6 Å². The Morgan fingerprint density at radius 2 is 1.48 bits per heavy atom. The third kappa shape index (κ3) is 8.52. The summed E-state index contributed by atoms with van der Waals surface area (Å²) in [6.45, 7) is 1.19. The number of nitrogens with one attached hydrogen (secondary N) is 4. The van der Waals surface area contributed by atoms with E-state index in [1.54, 1.807) is 12.3 Å². The third-order valence-corrected chi connectivity index (χ3v) is 6.55. The van der Waals surface area contributed by atoms with Gasteiger partial charge in [-0.1, -0.05) is 30.3 Å². The number of carboxylic acid groups (broad SMARTS) is 1. The van der Waals surface area contributed by atoms with E-state index in [4.69, 9.17) is 11.5 Å². The van der Waals surface area contributed by atoms with Gasteiger partial charge in [-0.2, -0.15) is 0 Å². The van der Waals surface area contributed by atoms with Gasteiger partial charge in [-0.3, -0.25) is 19.2 Å². The Morgan fingerprint density at radius 3 is 2.10 bits per heavy atom. The standard InChI is InChI=1S/C28H34N6O8/c1-14(35)24(28(41)42)34-27(40)21(10-15-6-8-17(36)9-7-15)33-26(39)22(32-25(38)19(29)12-23(30)37)11-16-13-31-20-5-3-2-4-18(16)20/h2-9,13-14,19,21-22,24,31,35-36H,10-12,29H2,1H3,(H2,30,37)(H,32,38)(H,33,39)(H,34,40)(H,41,42). The molecule has 1 heterocycles. The highest BCUT2D eigenvalue weighted by Crippen LogP contribution is 2.19. The van der Waals surface area contributed by atoms with Gasteiger partial charge >= 0.3 is 5.97 Å². The number of nitrogens with two attached hydrogens (primary N) is 2. The van der Waals surface area contributed by atoms with Crippen molar-refractivity contribution in [2.24, 2.45) is 11.5 Å². The first-order chi connectivity index (χ1) is 19.8. The van der Waals surface area contributed by atoms with Crippen LogP contribution in [0.15, 0.2) is 54.7 Å². The number of aliphatic carboxylic acids is 1. The van der Waals surface area contributed by atoms with Crippen molar-refractivity contribution in [3.05, 3.63) is 65.9 Å². The highest BCUT2D eigenvalue weighted by Gasteiger charge is 2.32. The second kappa shape index (κ2) is 14.1. The Labute approximate surface area is 240 Å². The van der Waals surface area contributed by atoms with Crippen LogP contribution >= 0.6 is 0 Å². The van der Waals surface area contributed by atoms with Crippen LogP contribution in [0.4, 0.5) is 0 Å². The molecule has 5 atom stereocenters. The predicted octanol–water partition coefficient (Wildman–Crippen LogP) is -1.22. The Kier molecular flexibility index (Phi) is 10.6. The second-order valence-corrected chi connectivity index (χ2v) is 9.90. The van der Waals surface area contributed by atoms with Crippen molar-refractivity contribution in [2.75, 3.05) is 0 Å². The van der Waals surface area contributed by atoms with Crippen molar-refractivity contribution in [3.8, 4) is 5.75 Å². The van der Waals surface area contributed by atoms with Crippen molar-refractivity contribution in [1.29, 1.82) is 0 Å². The summed E-state index contributed by atoms with van der Waals surface area (Å²) in [6.07, 6.45) is -0.406. The lowest BCUT2D eigenvalue weighted by molar-refractivity contribution is -0.145. The van der Waals surface area contributed by atoms with Crippen molar-refractivity contribution >= 4 is 40.5 Å². The molecule has 4 amide bonds. The van der Waals surface area contributed by atoms with Crippen LogP contribution in [0.5, 0.6) is 5.75 Å². The average molecular weight is 583 g/mol. The molecule has 3 rings (SSSR count). The van der Waals surface area contributed by atoms with Gasteiger partial charge in [-0.15, -0.1) is 0 Å². The fraction of sp³-hybridized carbons (Fsp3) is 0.321. The fourth-order valence-electron chi connectivity index (χ4n) is 4.31. The Morgan fingerprint density at radius 1 is 0.881 bits per heavy atom. The van der Waals surface area contributed by atoms with Gasteiger partial charge in [-0.05, 0) is 36.2 Å². The van der Waals surface area contributed by atoms with E-state index in [2.05, 4.69) is 20.9 Å². The summed E-state index contributed by atoms with van der Waals surface area (Å²) in [5.74, 6) is -4.87. The first-order valence-corrected chi connectivity index (χ1v) is 13.0. The molecule has 11 N–H and O–H groups in total. The van der Waals surface area contributed by atoms with Gasteiger partial charge in [0.25, 0.3) is 0 Å². The number of carboxylic acids is 1. The number of hydrogen-bond donors (Lipinski definition) is 9. The van der Waals surface area contributed by atoms with Crippen LogP contribution in [0.2, 0.25) is 0 Å². The zero-order valence-electron chi connectivity index (χ0n) is 22.7. The van der Waals surface area contributed by atoms with Crippen molar-refractivity contribution in [1.82, 2.24) is 20.9 Å². The lowest BCUT2D eigenvalue weighted by Crippen LogP contribution is -2.59. The molecule has 0 spiro atoms. The SMILES string of the molecule is CC(O)C(NC(=O)C(Cc1ccc(O)cc1)NC(=O)C(Cc1c[nH]c2ccccc12)NC(=O)C(N)CC(N)=O)C(=O)O. The third-order valence-electron chi connectivity index (χ3n) is 6.55. The molecule has 0 aliphatic carbocycles. The van der Waals surface area contributed by atoms with Gasteiger partial charge in [0.05, 0.1) is 18.6 Å². The van der Waals surface area contributed by atoms with Gasteiger partial charge in [0, 0.05) is 29.9 Å². The van der Waals surface area contributed by atoms with Crippen LogP contribution in [-0.2, 0) is 36.8 Å². The molecule has 5 unspecified atom stereocenters. The minimum Gasteiger partial charge on any atom is -0.508 e. The highest BCUT2D eigenvalue weighted by atomic mass is 16.4. The molecule has 42 heavy (non-hydrogen) atoms. The number of fused-ring (bicyclic) bond motifs is 1. The molecule has 3 aromatic rings. The van der Waals surface area contributed by atoms with Gasteiger partial charge in [-0.25, -0.2) is 4.79 Å². The minimum absolute atomic E-state index is 0.0300. The number of phenolic OH excluding ortho intramolecular Hbond substituents is 1. The maximum Gasteiger partial charge on any atom is 0.328 e. The number of H-pyrrole nitrogens is 1. The van der Waals surface area contributed by atoms with Gasteiger partial charge < -0.3 is 47.7 Å². The number of rotatable bonds is 14. The monoisotopic (exact) mass is 582 g/mol. The summed E-state index contributed by atoms with van der Waals surface area (Å²) < 4.78 is 0. The van der Waals surface area contributed by atoms with Gasteiger partial charge in [0.15, 0.2) is 6.04 Å². The number of aromatic nitrogens is 1. The number of amides is 4. The number of aromatic amines is 1. The Hall–Kier alpha value is -4.95. The smallest absolute Gasteiger partial charge is 0.328 e. The molecule has 224 valence electrons. The zero-order chi connectivity index (χ0) is 31.0. The molecule has 0 saturated carbocycles. The number of aliphatic hydroxyl groups is 1. The summed E-state index contributed by atoms with van der Waals surface area (Å²) in [6, 6.07) is 7.42. The zero-order valence-corrected chi connectivity index (χ0v) is 22.7. The second-order valence-electron chi connectivity index (χ2n) is 9.90. The lowest BCUT2D eigenvalue weighted by atomic mass is 10.0. The number of aromatic hydroxyl groups is 1. The molecule has 0 aliphatic rings. The number of benzene rings is 2. The van der Waals surface area contributed by atoms with E-state index < -0.39 is 66.3 Å². The quantitative estimate of drug-likeness (QED) is 0.110. The summed E-state index contributed by atoms with van der Waals surface area (Å²) in [5, 5.41) is 37.0. The molecule has 0 aliphatic heterocycles. The number of carbonyl (C=O) groups is 5. The van der Waals surface area contributed by atoms with Crippen molar-refractivity contribution in [2.45, 2.75) is 56.5 Å². The van der Waals surface area contributed by atoms with Crippen LogP contribution in [0.3, 0.4) is 0 Å². The number of hydrogen-bond acceptors (Lipinski definition) is 8. The summed E-state index contributed by atoms with van der Waals surface area (Å²) >= 11 is 0. The Bertz CT molecular complexity index is 1440. The molecule has 14 nitrogen and oxygen atoms in total. The number of primary amides is 1. The average Bonchev–Trinajstić information content (AvgIpc) is 3.33. The van der Waals surface area contributed by atoms with Gasteiger partial charge in [0.1, 0.15) is 17.8 Å². The molecule has 1 aromatic heterocycles. The van der Waals surface area contributed by atoms with Crippen molar-refractivity contribution in [3.63, 3.8) is 0 Å². The van der Waals surface area contributed by atoms with Crippen LogP contribution in [-0.4, -0.2) is 80.2 Å². The van der Waals surface area contributed by atoms with Crippen LogP contribution in [0, 0.1) is 0 Å². The number of aliphatic hydroxyl groups excluding tert-OH is 1. The molecule has 0 fully saturated rings. The molecule has 0 radical (unpaired) electrons. The van der Waals surface area contributed by atoms with E-state index in [1.165, 1.54) is 31.2 Å². The predicted molar refractivity (Wildman–Crippen MR) is 151 cm³/mol. The maximum atomic E-state index is 13.6. The molecule has 14 heteroatoms. The first-order valence-electron chi connectivity index (χ1n) is 13.0. The Balaban J connectivity index is 1.91. The fourth-order valence-corrected chi connectivity index (χ4v) is 4.31. The van der Waals surface area contributed by atoms with Crippen LogP contribution in [0.25, 0.3) is 10.9 Å². The van der Waals surface area contributed by atoms with E-state index >= 15 is 0 Å². The summed E-state index contributed by atoms with van der Waals surface area (Å²) in [7, 11) is 0. The topological polar surface area (TPSA) is 250 Å². The lowest BCUT2D eigenvalue weighted by Gasteiger charge is -2.26. The van der Waals surface area contributed by atoms with Crippen LogP contribution < -0.4 is 27.4 Å². The molecule has 0 saturated heterocycles. The maximum absolute atomic E-state index is 13.6. The molecular formula is C28H34N6O8. The van der Waals surface area contributed by atoms with E-state index in [0.29, 0.717) is 11.1 Å². The van der Waals surface area contributed by atoms with E-state index in [0.717, 1.165) is 10.9 Å². The largest absolute Gasteiger partial charge is 0.508 e. The molecule has 0 bridgehead atoms. The number of phenols is 1. The minimum atomic E-state index is -1.66. The highest BCUT2D eigenvalue weighted by molar-refractivity contribution is 5.96. The first kappa shape index (κ1) is 31.6. The van der Waals surface area contributed by atoms with E-state index in [9.17, 15) is 39.3 Å². The van der Waals surface area contributed by atoms with Crippen molar-refractivity contribution < 1.29 is 39.3 Å². The number of para-hydroxylation sites is 1. The summed E-state index contributed by atoms with van der Waals surface area (Å²) in [4.78, 5) is 65.6.